The Labute approximate surface area is 157 Å². The number of rotatable bonds is 4. The maximum atomic E-state index is 12.7. The van der Waals surface area contributed by atoms with Crippen molar-refractivity contribution in [2.75, 3.05) is 19.6 Å². The van der Waals surface area contributed by atoms with E-state index in [9.17, 15) is 4.39 Å². The Morgan fingerprint density at radius 2 is 1.96 bits per heavy atom. The maximum absolute atomic E-state index is 12.7. The third-order valence-electron chi connectivity index (χ3n) is 6.02. The van der Waals surface area contributed by atoms with Crippen LogP contribution in [0.15, 0.2) is 36.5 Å². The van der Waals surface area contributed by atoms with Gasteiger partial charge in [-0.25, -0.2) is 9.07 Å². The van der Waals surface area contributed by atoms with Gasteiger partial charge in [-0.1, -0.05) is 35.6 Å². The molecule has 4 aliphatic heterocycles. The zero-order valence-corrected chi connectivity index (χ0v) is 15.5. The van der Waals surface area contributed by atoms with Crippen LogP contribution in [-0.4, -0.2) is 39.5 Å². The zero-order valence-electron chi connectivity index (χ0n) is 14.7. The second kappa shape index (κ2) is 6.82. The highest BCUT2D eigenvalue weighted by atomic mass is 32.2. The minimum absolute atomic E-state index is 0.389. The summed E-state index contributed by atoms with van der Waals surface area (Å²) in [6, 6.07) is 8.35. The lowest BCUT2D eigenvalue weighted by atomic mass is 9.84. The van der Waals surface area contributed by atoms with Crippen LogP contribution >= 0.6 is 11.8 Å². The summed E-state index contributed by atoms with van der Waals surface area (Å²) in [5.74, 6) is 0.751. The zero-order chi connectivity index (χ0) is 17.5. The molecule has 0 spiro atoms. The van der Waals surface area contributed by atoms with Crippen LogP contribution in [0.3, 0.4) is 0 Å². The number of fused-ring (bicyclic) bond motifs is 3. The highest BCUT2D eigenvalue weighted by Crippen LogP contribution is 2.47. The molecule has 6 rings (SSSR count). The lowest BCUT2D eigenvalue weighted by Gasteiger charge is -2.44. The monoisotopic (exact) mass is 370 g/mol. The fraction of sp³-hybridized carbons (Fsp3) is 0.500. The Balaban J connectivity index is 1.28. The van der Waals surface area contributed by atoms with Gasteiger partial charge in [-0.05, 0) is 49.4 Å². The van der Waals surface area contributed by atoms with Crippen molar-refractivity contribution in [3.05, 3.63) is 53.4 Å². The number of allylic oxidation sites excluding steroid dienone is 1. The molecule has 0 aliphatic carbocycles. The lowest BCUT2D eigenvalue weighted by molar-refractivity contribution is 0.0504. The van der Waals surface area contributed by atoms with Crippen LogP contribution in [0.25, 0.3) is 4.91 Å². The standard InChI is InChI=1S/C20H23FN4S/c21-11-14-1-3-16(4-2-14)19-5-6-20(26-19)17-12-25(23-22-17)18-13-24-9-7-15(18)8-10-24/h1-4,6,12,15,18-19H,5,7-11,13H2. The van der Waals surface area contributed by atoms with Crippen LogP contribution in [0.2, 0.25) is 0 Å². The predicted octanol–water partition coefficient (Wildman–Crippen LogP) is 4.23. The van der Waals surface area contributed by atoms with E-state index >= 15 is 0 Å². The van der Waals surface area contributed by atoms with Gasteiger partial charge in [-0.15, -0.1) is 16.9 Å². The van der Waals surface area contributed by atoms with E-state index in [1.54, 1.807) is 0 Å². The predicted molar refractivity (Wildman–Crippen MR) is 102 cm³/mol. The number of hydrogen-bond donors (Lipinski definition) is 0. The van der Waals surface area contributed by atoms with Gasteiger partial charge in [0.2, 0.25) is 0 Å². The molecule has 2 unspecified atom stereocenters. The Hall–Kier alpha value is -1.66. The third kappa shape index (κ3) is 2.99. The van der Waals surface area contributed by atoms with Crippen molar-refractivity contribution < 1.29 is 4.39 Å². The first-order valence-corrected chi connectivity index (χ1v) is 10.3. The number of halogens is 1. The number of aromatic nitrogens is 3. The average Bonchev–Trinajstić information content (AvgIpc) is 3.38. The van der Waals surface area contributed by atoms with Crippen LogP contribution < -0.4 is 0 Å². The maximum Gasteiger partial charge on any atom is 0.119 e. The minimum Gasteiger partial charge on any atom is -0.301 e. The minimum atomic E-state index is -0.399. The fourth-order valence-corrected chi connectivity index (χ4v) is 5.64. The van der Waals surface area contributed by atoms with E-state index in [2.05, 4.69) is 32.2 Å². The second-order valence-electron chi connectivity index (χ2n) is 7.57. The van der Waals surface area contributed by atoms with E-state index in [1.165, 1.54) is 36.4 Å². The molecule has 6 heteroatoms. The van der Waals surface area contributed by atoms with Crippen LogP contribution in [-0.2, 0) is 6.67 Å². The molecule has 0 amide bonds. The molecule has 0 N–H and O–H groups in total. The van der Waals surface area contributed by atoms with Crippen molar-refractivity contribution >= 4 is 16.7 Å². The molecule has 5 heterocycles. The number of hydrogen-bond acceptors (Lipinski definition) is 4. The van der Waals surface area contributed by atoms with Crippen molar-refractivity contribution in [3.63, 3.8) is 0 Å². The first-order chi connectivity index (χ1) is 12.8. The van der Waals surface area contributed by atoms with Gasteiger partial charge in [-0.3, -0.25) is 0 Å². The van der Waals surface area contributed by atoms with Gasteiger partial charge < -0.3 is 4.90 Å². The molecule has 2 aromatic rings. The highest BCUT2D eigenvalue weighted by Gasteiger charge is 2.36. The Morgan fingerprint density at radius 1 is 1.15 bits per heavy atom. The van der Waals surface area contributed by atoms with Crippen molar-refractivity contribution in [2.24, 2.45) is 5.92 Å². The molecule has 136 valence electrons. The van der Waals surface area contributed by atoms with E-state index in [-0.39, 0.29) is 0 Å². The Bertz CT molecular complexity index is 807. The van der Waals surface area contributed by atoms with Crippen molar-refractivity contribution in [1.29, 1.82) is 0 Å². The molecule has 3 saturated heterocycles. The molecule has 0 radical (unpaired) electrons. The molecule has 3 fully saturated rings. The topological polar surface area (TPSA) is 34.0 Å². The van der Waals surface area contributed by atoms with E-state index < -0.39 is 6.67 Å². The molecular weight excluding hydrogens is 347 g/mol. The number of benzene rings is 1. The van der Waals surface area contributed by atoms with Crippen LogP contribution in [0.1, 0.15) is 47.4 Å². The van der Waals surface area contributed by atoms with Gasteiger partial charge in [-0.2, -0.15) is 0 Å². The van der Waals surface area contributed by atoms with E-state index in [1.807, 2.05) is 36.0 Å². The van der Waals surface area contributed by atoms with Crippen molar-refractivity contribution in [3.8, 4) is 0 Å². The summed E-state index contributed by atoms with van der Waals surface area (Å²) >= 11 is 1.85. The van der Waals surface area contributed by atoms with Gasteiger partial charge in [0, 0.05) is 16.7 Å². The lowest BCUT2D eigenvalue weighted by Crippen LogP contribution is -2.48. The quantitative estimate of drug-likeness (QED) is 0.806. The molecule has 4 aliphatic rings. The third-order valence-corrected chi connectivity index (χ3v) is 7.40. The summed E-state index contributed by atoms with van der Waals surface area (Å²) in [6.45, 7) is 3.20. The summed E-state index contributed by atoms with van der Waals surface area (Å²) in [6.07, 6.45) is 7.97. The van der Waals surface area contributed by atoms with Gasteiger partial charge in [0.1, 0.15) is 12.4 Å². The number of thioether (sulfide) groups is 1. The van der Waals surface area contributed by atoms with Gasteiger partial charge in [0.25, 0.3) is 0 Å². The first-order valence-electron chi connectivity index (χ1n) is 9.46. The van der Waals surface area contributed by atoms with Crippen LogP contribution in [0.5, 0.6) is 0 Å². The molecule has 2 bridgehead atoms. The molecular formula is C20H23FN4S. The summed E-state index contributed by atoms with van der Waals surface area (Å²) in [5.41, 5.74) is 2.99. The van der Waals surface area contributed by atoms with Crippen LogP contribution in [0.4, 0.5) is 4.39 Å². The van der Waals surface area contributed by atoms with E-state index in [0.29, 0.717) is 11.3 Å². The largest absolute Gasteiger partial charge is 0.301 e. The SMILES string of the molecule is FCc1ccc(C2CC=C(c3cn(C4CN5CCC4CC5)nn3)S2)cc1. The highest BCUT2D eigenvalue weighted by molar-refractivity contribution is 8.08. The number of piperidine rings is 3. The van der Waals surface area contributed by atoms with E-state index in [4.69, 9.17) is 0 Å². The molecule has 4 nitrogen and oxygen atoms in total. The fourth-order valence-electron chi connectivity index (χ4n) is 4.44. The molecule has 0 saturated carbocycles. The number of alkyl halides is 1. The van der Waals surface area contributed by atoms with Gasteiger partial charge in [0.05, 0.1) is 12.2 Å². The van der Waals surface area contributed by atoms with Crippen LogP contribution in [0, 0.1) is 5.92 Å². The summed E-state index contributed by atoms with van der Waals surface area (Å²) in [4.78, 5) is 3.77. The Morgan fingerprint density at radius 3 is 2.65 bits per heavy atom. The summed E-state index contributed by atoms with van der Waals surface area (Å²) in [5, 5.41) is 9.33. The average molecular weight is 370 g/mol. The van der Waals surface area contributed by atoms with Gasteiger partial charge >= 0.3 is 0 Å². The van der Waals surface area contributed by atoms with E-state index in [0.717, 1.165) is 30.1 Å². The summed E-state index contributed by atoms with van der Waals surface area (Å²) in [7, 11) is 0. The molecule has 1 aromatic heterocycles. The summed E-state index contributed by atoms with van der Waals surface area (Å²) < 4.78 is 14.8. The number of nitrogens with zero attached hydrogens (tertiary/aromatic N) is 4. The molecule has 2 atom stereocenters. The normalized spacial score (nSPS) is 30.6. The molecule has 26 heavy (non-hydrogen) atoms. The first kappa shape index (κ1) is 16.5. The Kier molecular flexibility index (Phi) is 4.33. The smallest absolute Gasteiger partial charge is 0.119 e. The van der Waals surface area contributed by atoms with Crippen molar-refractivity contribution in [1.82, 2.24) is 19.9 Å². The molecule has 1 aromatic carbocycles. The van der Waals surface area contributed by atoms with Gasteiger partial charge in [0.15, 0.2) is 0 Å². The second-order valence-corrected chi connectivity index (χ2v) is 8.82. The van der Waals surface area contributed by atoms with Crippen molar-refractivity contribution in [2.45, 2.75) is 37.2 Å².